The highest BCUT2D eigenvalue weighted by molar-refractivity contribution is 9.10. The zero-order chi connectivity index (χ0) is 10.8. The predicted molar refractivity (Wildman–Crippen MR) is 61.0 cm³/mol. The lowest BCUT2D eigenvalue weighted by atomic mass is 10.4. The van der Waals surface area contributed by atoms with E-state index in [4.69, 9.17) is 0 Å². The van der Waals surface area contributed by atoms with E-state index in [1.807, 2.05) is 20.2 Å². The van der Waals surface area contributed by atoms with Crippen LogP contribution in [0.3, 0.4) is 0 Å². The Morgan fingerprint density at radius 2 is 2.20 bits per heavy atom. The van der Waals surface area contributed by atoms with Crippen molar-refractivity contribution in [3.63, 3.8) is 0 Å². The molecule has 0 unspecified atom stereocenters. The van der Waals surface area contributed by atoms with Gasteiger partial charge in [0.2, 0.25) is 5.95 Å². The summed E-state index contributed by atoms with van der Waals surface area (Å²) >= 11 is 3.35. The molecule has 0 bridgehead atoms. The Balaban J connectivity index is 2.21. The minimum absolute atomic E-state index is 0.573. The lowest BCUT2D eigenvalue weighted by Crippen LogP contribution is -1.97. The molecule has 0 saturated heterocycles. The topological polar surface area (TPSA) is 55.6 Å². The van der Waals surface area contributed by atoms with Crippen molar-refractivity contribution in [2.75, 3.05) is 5.32 Å². The number of nitrogens with one attached hydrogen (secondary N) is 1. The van der Waals surface area contributed by atoms with Crippen LogP contribution >= 0.6 is 15.9 Å². The molecule has 1 N–H and O–H groups in total. The van der Waals surface area contributed by atoms with Crippen LogP contribution in [-0.4, -0.2) is 19.7 Å². The lowest BCUT2D eigenvalue weighted by Gasteiger charge is -2.02. The minimum Gasteiger partial charge on any atom is -0.321 e. The molecule has 2 heterocycles. The number of aromatic nitrogens is 4. The molecule has 0 amide bonds. The molecule has 0 radical (unpaired) electrons. The van der Waals surface area contributed by atoms with Crippen molar-refractivity contribution < 1.29 is 0 Å². The van der Waals surface area contributed by atoms with Crippen LogP contribution in [0, 0.1) is 6.92 Å². The third-order valence-corrected chi connectivity index (χ3v) is 2.66. The Kier molecular flexibility index (Phi) is 2.68. The average molecular weight is 268 g/mol. The van der Waals surface area contributed by atoms with Gasteiger partial charge in [0, 0.05) is 19.4 Å². The molecule has 0 aliphatic carbocycles. The first-order valence-corrected chi connectivity index (χ1v) is 5.19. The second kappa shape index (κ2) is 3.98. The Labute approximate surface area is 95.7 Å². The second-order valence-corrected chi connectivity index (χ2v) is 4.01. The fraction of sp³-hybridized carbons (Fsp3) is 0.222. The largest absolute Gasteiger partial charge is 0.321 e. The highest BCUT2D eigenvalue weighted by atomic mass is 79.9. The minimum atomic E-state index is 0.573. The van der Waals surface area contributed by atoms with E-state index in [0.717, 1.165) is 15.9 Å². The highest BCUT2D eigenvalue weighted by Gasteiger charge is 2.02. The fourth-order valence-electron chi connectivity index (χ4n) is 1.13. The van der Waals surface area contributed by atoms with Crippen LogP contribution in [0.1, 0.15) is 5.69 Å². The van der Waals surface area contributed by atoms with Crippen LogP contribution in [0.25, 0.3) is 0 Å². The van der Waals surface area contributed by atoms with Crippen LogP contribution in [-0.2, 0) is 7.05 Å². The van der Waals surface area contributed by atoms with Gasteiger partial charge in [0.1, 0.15) is 0 Å². The van der Waals surface area contributed by atoms with E-state index in [9.17, 15) is 0 Å². The van der Waals surface area contributed by atoms with E-state index in [1.165, 1.54) is 0 Å². The summed E-state index contributed by atoms with van der Waals surface area (Å²) in [6.07, 6.45) is 5.31. The van der Waals surface area contributed by atoms with E-state index >= 15 is 0 Å². The van der Waals surface area contributed by atoms with Gasteiger partial charge >= 0.3 is 0 Å². The van der Waals surface area contributed by atoms with Crippen LogP contribution in [0.2, 0.25) is 0 Å². The summed E-state index contributed by atoms with van der Waals surface area (Å²) in [5.41, 5.74) is 1.77. The lowest BCUT2D eigenvalue weighted by molar-refractivity contribution is 0.768. The van der Waals surface area contributed by atoms with Gasteiger partial charge in [-0.25, -0.2) is 9.97 Å². The normalized spacial score (nSPS) is 10.3. The van der Waals surface area contributed by atoms with Gasteiger partial charge in [-0.15, -0.1) is 0 Å². The number of nitrogens with zero attached hydrogens (tertiary/aromatic N) is 4. The molecule has 0 saturated carbocycles. The van der Waals surface area contributed by atoms with E-state index in [0.29, 0.717) is 5.95 Å². The summed E-state index contributed by atoms with van der Waals surface area (Å²) in [4.78, 5) is 8.41. The third-order valence-electron chi connectivity index (χ3n) is 1.88. The van der Waals surface area contributed by atoms with Gasteiger partial charge in [0.25, 0.3) is 0 Å². The van der Waals surface area contributed by atoms with E-state index in [1.54, 1.807) is 17.1 Å². The molecule has 0 spiro atoms. The molecule has 2 aromatic rings. The zero-order valence-electron chi connectivity index (χ0n) is 8.40. The van der Waals surface area contributed by atoms with Gasteiger partial charge < -0.3 is 5.32 Å². The molecule has 0 aromatic carbocycles. The second-order valence-electron chi connectivity index (χ2n) is 3.15. The fourth-order valence-corrected chi connectivity index (χ4v) is 1.32. The number of hydrogen-bond donors (Lipinski definition) is 1. The molecular formula is C9H10BrN5. The number of halogens is 1. The molecular weight excluding hydrogens is 258 g/mol. The maximum Gasteiger partial charge on any atom is 0.227 e. The monoisotopic (exact) mass is 267 g/mol. The molecule has 6 heteroatoms. The van der Waals surface area contributed by atoms with Crippen molar-refractivity contribution in [3.8, 4) is 0 Å². The molecule has 2 rings (SSSR count). The van der Waals surface area contributed by atoms with Crippen molar-refractivity contribution in [1.29, 1.82) is 0 Å². The Morgan fingerprint density at radius 3 is 2.80 bits per heavy atom. The average Bonchev–Trinajstić information content (AvgIpc) is 2.58. The van der Waals surface area contributed by atoms with Crippen molar-refractivity contribution in [2.24, 2.45) is 7.05 Å². The SMILES string of the molecule is Cc1nc(Nc2cnn(C)c2)ncc1Br. The quantitative estimate of drug-likeness (QED) is 0.905. The summed E-state index contributed by atoms with van der Waals surface area (Å²) < 4.78 is 2.62. The van der Waals surface area contributed by atoms with Crippen LogP contribution < -0.4 is 5.32 Å². The highest BCUT2D eigenvalue weighted by Crippen LogP contribution is 2.16. The van der Waals surface area contributed by atoms with Gasteiger partial charge in [-0.1, -0.05) is 0 Å². The number of aryl methyl sites for hydroxylation is 2. The van der Waals surface area contributed by atoms with Gasteiger partial charge in [-0.3, -0.25) is 4.68 Å². The first-order valence-electron chi connectivity index (χ1n) is 4.40. The van der Waals surface area contributed by atoms with E-state index in [-0.39, 0.29) is 0 Å². The molecule has 78 valence electrons. The zero-order valence-corrected chi connectivity index (χ0v) is 9.98. The molecule has 2 aromatic heterocycles. The molecule has 0 aliphatic rings. The summed E-state index contributed by atoms with van der Waals surface area (Å²) in [5.74, 6) is 0.573. The summed E-state index contributed by atoms with van der Waals surface area (Å²) in [5, 5.41) is 7.11. The first kappa shape index (κ1) is 10.1. The van der Waals surface area contributed by atoms with E-state index < -0.39 is 0 Å². The van der Waals surface area contributed by atoms with Gasteiger partial charge in [-0.05, 0) is 22.9 Å². The van der Waals surface area contributed by atoms with Crippen molar-refractivity contribution >= 4 is 27.6 Å². The maximum atomic E-state index is 4.27. The molecule has 15 heavy (non-hydrogen) atoms. The standard InChI is InChI=1S/C9H10BrN5/c1-6-8(10)4-11-9(13-6)14-7-3-12-15(2)5-7/h3-5H,1-2H3,(H,11,13,14). The molecule has 0 aliphatic heterocycles. The first-order chi connectivity index (χ1) is 7.15. The number of rotatable bonds is 2. The Hall–Kier alpha value is -1.43. The van der Waals surface area contributed by atoms with Crippen LogP contribution in [0.15, 0.2) is 23.1 Å². The van der Waals surface area contributed by atoms with Crippen molar-refractivity contribution in [2.45, 2.75) is 6.92 Å². The van der Waals surface area contributed by atoms with Crippen LogP contribution in [0.5, 0.6) is 0 Å². The van der Waals surface area contributed by atoms with Gasteiger partial charge in [0.05, 0.1) is 22.1 Å². The van der Waals surface area contributed by atoms with Gasteiger partial charge in [0.15, 0.2) is 0 Å². The van der Waals surface area contributed by atoms with Crippen LogP contribution in [0.4, 0.5) is 11.6 Å². The van der Waals surface area contributed by atoms with E-state index in [2.05, 4.69) is 36.3 Å². The smallest absolute Gasteiger partial charge is 0.227 e. The Bertz CT molecular complexity index is 479. The summed E-state index contributed by atoms with van der Waals surface area (Å²) in [6, 6.07) is 0. The van der Waals surface area contributed by atoms with Crippen molar-refractivity contribution in [1.82, 2.24) is 19.7 Å². The summed E-state index contributed by atoms with van der Waals surface area (Å²) in [7, 11) is 1.86. The molecule has 0 atom stereocenters. The number of hydrogen-bond acceptors (Lipinski definition) is 4. The molecule has 0 fully saturated rings. The predicted octanol–water partition coefficient (Wildman–Crippen LogP) is 2.02. The maximum absolute atomic E-state index is 4.27. The van der Waals surface area contributed by atoms with Crippen molar-refractivity contribution in [3.05, 3.63) is 28.8 Å². The Morgan fingerprint density at radius 1 is 1.40 bits per heavy atom. The summed E-state index contributed by atoms with van der Waals surface area (Å²) in [6.45, 7) is 1.92. The molecule has 5 nitrogen and oxygen atoms in total. The van der Waals surface area contributed by atoms with Gasteiger partial charge in [-0.2, -0.15) is 5.10 Å². The third kappa shape index (κ3) is 2.33. The number of anilines is 2.